The number of nitrogens with zero attached hydrogens (tertiary/aromatic N) is 2. The van der Waals surface area contributed by atoms with Crippen molar-refractivity contribution >= 4 is 5.69 Å². The summed E-state index contributed by atoms with van der Waals surface area (Å²) in [6.07, 6.45) is 3.13. The molecule has 0 saturated carbocycles. The minimum Gasteiger partial charge on any atom is -0.486 e. The molecule has 126 valence electrons. The quantitative estimate of drug-likeness (QED) is 0.519. The predicted molar refractivity (Wildman–Crippen MR) is 89.9 cm³/mol. The number of anilines is 1. The van der Waals surface area contributed by atoms with E-state index >= 15 is 0 Å². The molecule has 0 N–H and O–H groups in total. The van der Waals surface area contributed by atoms with Crippen molar-refractivity contribution in [3.8, 4) is 22.6 Å². The average Bonchev–Trinajstić information content (AvgIpc) is 3.30. The molecule has 3 aromatic rings. The fraction of sp³-hybridized carbons (Fsp3) is 0.111. The summed E-state index contributed by atoms with van der Waals surface area (Å²) in [5.41, 5.74) is 2.83. The van der Waals surface area contributed by atoms with E-state index in [0.717, 1.165) is 21.7 Å². The van der Waals surface area contributed by atoms with E-state index in [-0.39, 0.29) is 13.3 Å². The monoisotopic (exact) mass is 338 g/mol. The Kier molecular flexibility index (Phi) is 3.74. The SMILES string of the molecule is O=[N+]([O-])N1COc2ccc(-c3ccccc3)c(OCc3ccoc3)c21. The molecule has 0 aliphatic carbocycles. The highest BCUT2D eigenvalue weighted by molar-refractivity contribution is 5.83. The highest BCUT2D eigenvalue weighted by atomic mass is 16.7. The Morgan fingerprint density at radius 1 is 1.16 bits per heavy atom. The molecule has 0 saturated heterocycles. The predicted octanol–water partition coefficient (Wildman–Crippen LogP) is 3.87. The topological polar surface area (TPSA) is 78.0 Å². The van der Waals surface area contributed by atoms with Crippen LogP contribution in [0.2, 0.25) is 0 Å². The van der Waals surface area contributed by atoms with E-state index in [2.05, 4.69) is 0 Å². The molecular weight excluding hydrogens is 324 g/mol. The van der Waals surface area contributed by atoms with E-state index in [0.29, 0.717) is 17.2 Å². The summed E-state index contributed by atoms with van der Waals surface area (Å²) in [5.74, 6) is 0.845. The Morgan fingerprint density at radius 2 is 2.00 bits per heavy atom. The van der Waals surface area contributed by atoms with Crippen molar-refractivity contribution < 1.29 is 18.9 Å². The lowest BCUT2D eigenvalue weighted by Gasteiger charge is -2.15. The molecule has 0 unspecified atom stereocenters. The van der Waals surface area contributed by atoms with Crippen LogP contribution in [0.3, 0.4) is 0 Å². The first-order chi connectivity index (χ1) is 12.2. The van der Waals surface area contributed by atoms with Crippen LogP contribution < -0.4 is 14.5 Å². The zero-order valence-electron chi connectivity index (χ0n) is 13.1. The first-order valence-electron chi connectivity index (χ1n) is 7.65. The normalized spacial score (nSPS) is 12.6. The lowest BCUT2D eigenvalue weighted by atomic mass is 10.0. The third kappa shape index (κ3) is 2.76. The second-order valence-electron chi connectivity index (χ2n) is 5.49. The van der Waals surface area contributed by atoms with E-state index in [1.165, 1.54) is 0 Å². The minimum absolute atomic E-state index is 0.150. The van der Waals surface area contributed by atoms with E-state index in [1.54, 1.807) is 24.7 Å². The Hall–Kier alpha value is -3.48. The molecule has 0 spiro atoms. The molecule has 2 aromatic carbocycles. The van der Waals surface area contributed by atoms with Crippen LogP contribution in [-0.4, -0.2) is 11.8 Å². The minimum atomic E-state index is -0.495. The lowest BCUT2D eigenvalue weighted by Crippen LogP contribution is -2.29. The van der Waals surface area contributed by atoms with E-state index in [1.807, 2.05) is 36.4 Å². The second-order valence-corrected chi connectivity index (χ2v) is 5.49. The van der Waals surface area contributed by atoms with Crippen molar-refractivity contribution in [3.63, 3.8) is 0 Å². The molecule has 2 heterocycles. The third-order valence-electron chi connectivity index (χ3n) is 3.94. The summed E-state index contributed by atoms with van der Waals surface area (Å²) in [5, 5.41) is 11.8. The largest absolute Gasteiger partial charge is 0.486 e. The van der Waals surface area contributed by atoms with E-state index in [9.17, 15) is 10.1 Å². The lowest BCUT2D eigenvalue weighted by molar-refractivity contribution is -0.496. The molecule has 0 bridgehead atoms. The molecule has 0 amide bonds. The van der Waals surface area contributed by atoms with Gasteiger partial charge in [-0.3, -0.25) is 0 Å². The van der Waals surface area contributed by atoms with Crippen molar-refractivity contribution in [3.05, 3.63) is 76.7 Å². The van der Waals surface area contributed by atoms with Crippen molar-refractivity contribution in [2.45, 2.75) is 6.61 Å². The molecule has 25 heavy (non-hydrogen) atoms. The number of nitro groups is 1. The number of hydrazine groups is 1. The molecular formula is C18H14N2O5. The van der Waals surface area contributed by atoms with Gasteiger partial charge in [0.15, 0.2) is 22.2 Å². The number of hydrogen-bond acceptors (Lipinski definition) is 5. The number of hydrogen-bond donors (Lipinski definition) is 0. The Balaban J connectivity index is 1.81. The van der Waals surface area contributed by atoms with Gasteiger partial charge in [0.2, 0.25) is 6.73 Å². The van der Waals surface area contributed by atoms with Gasteiger partial charge in [-0.05, 0) is 23.8 Å². The van der Waals surface area contributed by atoms with E-state index < -0.39 is 5.03 Å². The average molecular weight is 338 g/mol. The van der Waals surface area contributed by atoms with Gasteiger partial charge >= 0.3 is 0 Å². The summed E-state index contributed by atoms with van der Waals surface area (Å²) >= 11 is 0. The van der Waals surface area contributed by atoms with Gasteiger partial charge in [-0.15, -0.1) is 0 Å². The standard InChI is InChI=1S/C18H14N2O5/c21-20(22)19-12-25-16-7-6-15(14-4-2-1-3-5-14)18(17(16)19)24-11-13-8-9-23-10-13/h1-10H,11-12H2. The zero-order valence-corrected chi connectivity index (χ0v) is 13.1. The van der Waals surface area contributed by atoms with Gasteiger partial charge in [-0.25, -0.2) is 10.1 Å². The molecule has 0 fully saturated rings. The van der Waals surface area contributed by atoms with Gasteiger partial charge in [0, 0.05) is 11.1 Å². The molecule has 7 heteroatoms. The maximum absolute atomic E-state index is 11.4. The highest BCUT2D eigenvalue weighted by Crippen LogP contribution is 2.47. The van der Waals surface area contributed by atoms with Gasteiger partial charge in [0.25, 0.3) is 0 Å². The van der Waals surface area contributed by atoms with Crippen LogP contribution in [0.15, 0.2) is 65.5 Å². The molecule has 1 aliphatic rings. The second kappa shape index (κ2) is 6.20. The third-order valence-corrected chi connectivity index (χ3v) is 3.94. The summed E-state index contributed by atoms with van der Waals surface area (Å²) in [6, 6.07) is 14.9. The molecule has 0 atom stereocenters. The van der Waals surface area contributed by atoms with Gasteiger partial charge in [0.05, 0.1) is 12.5 Å². The molecule has 0 radical (unpaired) electrons. The number of furan rings is 1. The summed E-state index contributed by atoms with van der Waals surface area (Å²) in [6.45, 7) is 0.0843. The van der Waals surface area contributed by atoms with Gasteiger partial charge in [-0.2, -0.15) is 0 Å². The highest BCUT2D eigenvalue weighted by Gasteiger charge is 2.35. The van der Waals surface area contributed by atoms with Crippen molar-refractivity contribution in [2.24, 2.45) is 0 Å². The fourth-order valence-corrected chi connectivity index (χ4v) is 2.76. The summed E-state index contributed by atoms with van der Waals surface area (Å²) in [4.78, 5) is 11.4. The first kappa shape index (κ1) is 15.1. The molecule has 1 aliphatic heterocycles. The first-order valence-corrected chi connectivity index (χ1v) is 7.65. The maximum atomic E-state index is 11.4. The van der Waals surface area contributed by atoms with Crippen LogP contribution in [0.5, 0.6) is 11.5 Å². The van der Waals surface area contributed by atoms with Crippen LogP contribution in [0, 0.1) is 10.1 Å². The maximum Gasteiger partial charge on any atom is 0.223 e. The smallest absolute Gasteiger partial charge is 0.223 e. The van der Waals surface area contributed by atoms with Crippen molar-refractivity contribution in [2.75, 3.05) is 11.7 Å². The van der Waals surface area contributed by atoms with Gasteiger partial charge in [0.1, 0.15) is 6.61 Å². The summed E-state index contributed by atoms with van der Waals surface area (Å²) in [7, 11) is 0. The summed E-state index contributed by atoms with van der Waals surface area (Å²) < 4.78 is 16.4. The van der Waals surface area contributed by atoms with Crippen molar-refractivity contribution in [1.29, 1.82) is 0 Å². The van der Waals surface area contributed by atoms with E-state index in [4.69, 9.17) is 13.9 Å². The van der Waals surface area contributed by atoms with Crippen LogP contribution in [0.25, 0.3) is 11.1 Å². The van der Waals surface area contributed by atoms with Crippen LogP contribution >= 0.6 is 0 Å². The number of fused-ring (bicyclic) bond motifs is 1. The van der Waals surface area contributed by atoms with Crippen LogP contribution in [0.4, 0.5) is 5.69 Å². The fourth-order valence-electron chi connectivity index (χ4n) is 2.76. The number of rotatable bonds is 5. The number of ether oxygens (including phenoxy) is 2. The molecule has 4 rings (SSSR count). The Morgan fingerprint density at radius 3 is 2.72 bits per heavy atom. The molecule has 1 aromatic heterocycles. The Labute approximate surface area is 143 Å². The van der Waals surface area contributed by atoms with Crippen molar-refractivity contribution in [1.82, 2.24) is 0 Å². The molecule has 7 nitrogen and oxygen atoms in total. The van der Waals surface area contributed by atoms with Gasteiger partial charge < -0.3 is 13.9 Å². The number of benzene rings is 2. The van der Waals surface area contributed by atoms with Crippen LogP contribution in [0.1, 0.15) is 5.56 Å². The van der Waals surface area contributed by atoms with Gasteiger partial charge in [-0.1, -0.05) is 35.3 Å². The van der Waals surface area contributed by atoms with Crippen LogP contribution in [-0.2, 0) is 6.61 Å². The zero-order chi connectivity index (χ0) is 17.2. The Bertz CT molecular complexity index is 893.